The molecule has 1 aliphatic rings. The van der Waals surface area contributed by atoms with E-state index in [9.17, 15) is 18.5 Å². The van der Waals surface area contributed by atoms with Gasteiger partial charge >= 0.3 is 0 Å². The lowest BCUT2D eigenvalue weighted by molar-refractivity contribution is -0.384. The van der Waals surface area contributed by atoms with Crippen LogP contribution in [0.1, 0.15) is 11.6 Å². The normalized spacial score (nSPS) is 18.3. The zero-order chi connectivity index (χ0) is 17.2. The fraction of sp³-hybridized carbons (Fsp3) is 0.267. The first-order chi connectivity index (χ1) is 11.5. The maximum atomic E-state index is 13.0. The number of nitro groups is 1. The SMILES string of the molecule is Cl.O=[N+]([O-])c1ccc(S(=O)(=O)N2CCNCC2c2cccnc2)cc1. The van der Waals surface area contributed by atoms with Crippen molar-refractivity contribution in [3.63, 3.8) is 0 Å². The number of hydrogen-bond acceptors (Lipinski definition) is 6. The van der Waals surface area contributed by atoms with Crippen molar-refractivity contribution in [3.8, 4) is 0 Å². The third-order valence-electron chi connectivity index (χ3n) is 3.92. The van der Waals surface area contributed by atoms with Gasteiger partial charge in [0.2, 0.25) is 10.0 Å². The smallest absolute Gasteiger partial charge is 0.269 e. The van der Waals surface area contributed by atoms with E-state index in [1.807, 2.05) is 6.07 Å². The molecule has 0 bridgehead atoms. The van der Waals surface area contributed by atoms with Gasteiger partial charge in [-0.15, -0.1) is 12.4 Å². The average Bonchev–Trinajstić information content (AvgIpc) is 2.62. The van der Waals surface area contributed by atoms with Crippen LogP contribution < -0.4 is 5.32 Å². The van der Waals surface area contributed by atoms with Crippen LogP contribution in [0.3, 0.4) is 0 Å². The third kappa shape index (κ3) is 3.96. The first-order valence-electron chi connectivity index (χ1n) is 7.37. The van der Waals surface area contributed by atoms with Gasteiger partial charge in [-0.1, -0.05) is 6.07 Å². The van der Waals surface area contributed by atoms with Crippen LogP contribution in [0, 0.1) is 10.1 Å². The molecule has 0 saturated carbocycles. The average molecular weight is 385 g/mol. The molecule has 0 radical (unpaired) electrons. The molecule has 0 spiro atoms. The standard InChI is InChI=1S/C15H16N4O4S.ClH/c20-19(21)13-3-5-14(6-4-13)24(22,23)18-9-8-17-11-15(18)12-2-1-7-16-10-12;/h1-7,10,15,17H,8-9,11H2;1H. The van der Waals surface area contributed by atoms with E-state index < -0.39 is 14.9 Å². The summed E-state index contributed by atoms with van der Waals surface area (Å²) in [7, 11) is -3.76. The van der Waals surface area contributed by atoms with Gasteiger partial charge in [0.15, 0.2) is 0 Å². The minimum absolute atomic E-state index is 0. The zero-order valence-electron chi connectivity index (χ0n) is 13.1. The van der Waals surface area contributed by atoms with Gasteiger partial charge in [-0.25, -0.2) is 8.42 Å². The summed E-state index contributed by atoms with van der Waals surface area (Å²) in [6.45, 7) is 1.35. The Labute approximate surface area is 151 Å². The molecule has 25 heavy (non-hydrogen) atoms. The molecule has 1 N–H and O–H groups in total. The number of piperazine rings is 1. The van der Waals surface area contributed by atoms with Gasteiger partial charge in [-0.05, 0) is 23.8 Å². The molecule has 1 aromatic carbocycles. The van der Waals surface area contributed by atoms with Crippen LogP contribution in [0.4, 0.5) is 5.69 Å². The molecule has 2 aromatic rings. The Kier molecular flexibility index (Phi) is 6.07. The van der Waals surface area contributed by atoms with E-state index in [4.69, 9.17) is 0 Å². The molecule has 1 aliphatic heterocycles. The van der Waals surface area contributed by atoms with Crippen LogP contribution in [0.2, 0.25) is 0 Å². The van der Waals surface area contributed by atoms with Gasteiger partial charge in [0.1, 0.15) is 0 Å². The van der Waals surface area contributed by atoms with Crippen molar-refractivity contribution in [2.45, 2.75) is 10.9 Å². The Bertz CT molecular complexity index is 830. The molecule has 0 amide bonds. The van der Waals surface area contributed by atoms with Gasteiger partial charge in [0.25, 0.3) is 5.69 Å². The lowest BCUT2D eigenvalue weighted by Crippen LogP contribution is -2.48. The second-order valence-electron chi connectivity index (χ2n) is 5.37. The molecule has 134 valence electrons. The summed E-state index contributed by atoms with van der Waals surface area (Å²) in [5.41, 5.74) is 0.660. The predicted octanol–water partition coefficient (Wildman–Crippen LogP) is 1.75. The number of benzene rings is 1. The van der Waals surface area contributed by atoms with E-state index in [1.165, 1.54) is 28.6 Å². The fourth-order valence-electron chi connectivity index (χ4n) is 2.71. The monoisotopic (exact) mass is 384 g/mol. The number of non-ortho nitro benzene ring substituents is 1. The zero-order valence-corrected chi connectivity index (χ0v) is 14.7. The summed E-state index contributed by atoms with van der Waals surface area (Å²) in [6, 6.07) is 8.19. The second kappa shape index (κ2) is 7.87. The quantitative estimate of drug-likeness (QED) is 0.635. The van der Waals surface area contributed by atoms with Crippen LogP contribution in [-0.4, -0.2) is 42.3 Å². The van der Waals surface area contributed by atoms with Gasteiger partial charge in [-0.2, -0.15) is 4.31 Å². The van der Waals surface area contributed by atoms with Crippen molar-refractivity contribution in [1.29, 1.82) is 0 Å². The highest BCUT2D eigenvalue weighted by atomic mass is 35.5. The van der Waals surface area contributed by atoms with E-state index in [1.54, 1.807) is 18.5 Å². The van der Waals surface area contributed by atoms with Crippen LogP contribution in [0.5, 0.6) is 0 Å². The highest BCUT2D eigenvalue weighted by Gasteiger charge is 2.34. The van der Waals surface area contributed by atoms with Gasteiger partial charge in [0.05, 0.1) is 15.9 Å². The third-order valence-corrected chi connectivity index (χ3v) is 5.84. The van der Waals surface area contributed by atoms with Crippen molar-refractivity contribution in [2.75, 3.05) is 19.6 Å². The van der Waals surface area contributed by atoms with Crippen LogP contribution >= 0.6 is 12.4 Å². The van der Waals surface area contributed by atoms with Gasteiger partial charge in [-0.3, -0.25) is 15.1 Å². The Hall–Kier alpha value is -2.07. The molecule has 2 heterocycles. The molecule has 0 aliphatic carbocycles. The largest absolute Gasteiger partial charge is 0.313 e. The number of nitro benzene ring substituents is 1. The summed E-state index contributed by atoms with van der Waals surface area (Å²) >= 11 is 0. The Morgan fingerprint density at radius 3 is 2.56 bits per heavy atom. The van der Waals surface area contributed by atoms with E-state index >= 15 is 0 Å². The summed E-state index contributed by atoms with van der Waals surface area (Å²) in [5, 5.41) is 13.9. The van der Waals surface area contributed by atoms with E-state index in [0.29, 0.717) is 19.6 Å². The Morgan fingerprint density at radius 1 is 1.24 bits per heavy atom. The summed E-state index contributed by atoms with van der Waals surface area (Å²) < 4.78 is 27.3. The second-order valence-corrected chi connectivity index (χ2v) is 7.26. The van der Waals surface area contributed by atoms with Crippen molar-refractivity contribution >= 4 is 28.1 Å². The molecular formula is C15H17ClN4O4S. The van der Waals surface area contributed by atoms with Crippen molar-refractivity contribution in [1.82, 2.24) is 14.6 Å². The lowest BCUT2D eigenvalue weighted by Gasteiger charge is -2.35. The number of nitrogens with one attached hydrogen (secondary N) is 1. The van der Waals surface area contributed by atoms with E-state index in [-0.39, 0.29) is 29.0 Å². The maximum absolute atomic E-state index is 13.0. The predicted molar refractivity (Wildman–Crippen MR) is 94.1 cm³/mol. The van der Waals surface area contributed by atoms with Crippen LogP contribution in [0.25, 0.3) is 0 Å². The number of sulfonamides is 1. The van der Waals surface area contributed by atoms with Crippen molar-refractivity contribution in [2.24, 2.45) is 0 Å². The molecule has 1 fully saturated rings. The highest BCUT2D eigenvalue weighted by molar-refractivity contribution is 7.89. The molecule has 1 atom stereocenters. The van der Waals surface area contributed by atoms with Crippen LogP contribution in [-0.2, 0) is 10.0 Å². The van der Waals surface area contributed by atoms with Gasteiger partial charge < -0.3 is 5.32 Å². The number of halogens is 1. The topological polar surface area (TPSA) is 105 Å². The molecule has 1 unspecified atom stereocenters. The Morgan fingerprint density at radius 2 is 1.96 bits per heavy atom. The number of rotatable bonds is 4. The van der Waals surface area contributed by atoms with E-state index in [2.05, 4.69) is 10.3 Å². The number of hydrogen-bond donors (Lipinski definition) is 1. The molecular weight excluding hydrogens is 368 g/mol. The highest BCUT2D eigenvalue weighted by Crippen LogP contribution is 2.29. The molecule has 8 nitrogen and oxygen atoms in total. The van der Waals surface area contributed by atoms with E-state index in [0.717, 1.165) is 5.56 Å². The first-order valence-corrected chi connectivity index (χ1v) is 8.81. The molecule has 1 aromatic heterocycles. The minimum atomic E-state index is -3.76. The molecule has 1 saturated heterocycles. The number of nitrogens with zero attached hydrogens (tertiary/aromatic N) is 3. The van der Waals surface area contributed by atoms with Crippen molar-refractivity contribution < 1.29 is 13.3 Å². The first kappa shape index (κ1) is 19.3. The van der Waals surface area contributed by atoms with Gasteiger partial charge in [0, 0.05) is 44.2 Å². The summed E-state index contributed by atoms with van der Waals surface area (Å²) in [5.74, 6) is 0. The minimum Gasteiger partial charge on any atom is -0.313 e. The summed E-state index contributed by atoms with van der Waals surface area (Å²) in [6.07, 6.45) is 3.28. The number of aromatic nitrogens is 1. The molecule has 3 rings (SSSR count). The lowest BCUT2D eigenvalue weighted by atomic mass is 10.1. The number of pyridine rings is 1. The van der Waals surface area contributed by atoms with Crippen molar-refractivity contribution in [3.05, 3.63) is 64.5 Å². The Balaban J connectivity index is 0.00000225. The van der Waals surface area contributed by atoms with Crippen LogP contribution in [0.15, 0.2) is 53.7 Å². The summed E-state index contributed by atoms with van der Waals surface area (Å²) in [4.78, 5) is 14.3. The molecule has 10 heteroatoms. The maximum Gasteiger partial charge on any atom is 0.269 e. The fourth-order valence-corrected chi connectivity index (χ4v) is 4.32.